The van der Waals surface area contributed by atoms with Crippen LogP contribution in [0.4, 0.5) is 27.4 Å². The molecule has 0 radical (unpaired) electrons. The Morgan fingerprint density at radius 1 is 0.532 bits per heavy atom. The molecule has 0 aliphatic carbocycles. The van der Waals surface area contributed by atoms with Gasteiger partial charge in [-0.25, -0.2) is 9.59 Å². The maximum absolute atomic E-state index is 13.7. The van der Waals surface area contributed by atoms with E-state index >= 15 is 0 Å². The number of hydrogen-bond acceptors (Lipinski definition) is 22. The van der Waals surface area contributed by atoms with Crippen LogP contribution < -0.4 is 73.2 Å². The summed E-state index contributed by atoms with van der Waals surface area (Å²) in [5.41, 5.74) is 0. The van der Waals surface area contributed by atoms with Crippen LogP contribution in [0.1, 0.15) is 148 Å². The lowest BCUT2D eigenvalue weighted by Gasteiger charge is -2.37. The van der Waals surface area contributed by atoms with Crippen LogP contribution in [0.15, 0.2) is 0 Å². The van der Waals surface area contributed by atoms with Crippen molar-refractivity contribution in [1.82, 2.24) is 73.4 Å². The topological polar surface area (TPSA) is 446 Å². The van der Waals surface area contributed by atoms with Gasteiger partial charge >= 0.3 is 12.1 Å². The minimum Gasteiger partial charge on any atom is -0.379 e. The first kappa shape index (κ1) is 74.0. The molecule has 7 saturated heterocycles. The maximum atomic E-state index is 13.7. The smallest absolute Gasteiger partial charge is 0.315 e. The molecule has 94 heavy (non-hydrogen) atoms. The Hall–Kier alpha value is -5.79. The average molecular weight is 1400 g/mol. The van der Waals surface area contributed by atoms with Crippen molar-refractivity contribution < 1.29 is 69.4 Å². The molecule has 7 aliphatic rings. The summed E-state index contributed by atoms with van der Waals surface area (Å²) >= 11 is 3.68. The molecule has 0 saturated carbocycles. The third-order valence-electron chi connectivity index (χ3n) is 18.2. The van der Waals surface area contributed by atoms with Crippen LogP contribution in [0.5, 0.6) is 0 Å². The normalized spacial score (nSPS) is 23.6. The Morgan fingerprint density at radius 3 is 1.36 bits per heavy atom. The molecule has 36 heteroatoms. The van der Waals surface area contributed by atoms with E-state index in [1.54, 1.807) is 0 Å². The molecular formula is C58H97N17O15S4. The molecule has 8 rings (SSSR count). The Labute approximate surface area is 558 Å². The number of rotatable bonds is 37. The lowest BCUT2D eigenvalue weighted by atomic mass is 10.0. The number of aliphatic hydroxyl groups excluding tert-OH is 1. The highest BCUT2D eigenvalue weighted by Gasteiger charge is 2.44. The second-order valence-electron chi connectivity index (χ2n) is 25.7. The van der Waals surface area contributed by atoms with E-state index in [1.807, 2.05) is 38.2 Å². The van der Waals surface area contributed by atoms with Crippen LogP contribution in [0.2, 0.25) is 0 Å². The van der Waals surface area contributed by atoms with Crippen molar-refractivity contribution in [3.63, 3.8) is 0 Å². The van der Waals surface area contributed by atoms with E-state index in [-0.39, 0.29) is 72.8 Å². The number of anilines is 3. The number of nitrogens with one attached hydrogen (secondary N) is 11. The van der Waals surface area contributed by atoms with Gasteiger partial charge in [-0.2, -0.15) is 55.3 Å². The number of amides is 10. The number of aliphatic hydroxyl groups is 1. The molecule has 7 aliphatic heterocycles. The summed E-state index contributed by atoms with van der Waals surface area (Å²) in [6.45, 7) is 4.91. The molecule has 8 heterocycles. The average Bonchev–Trinajstić information content (AvgIpc) is 1.32. The number of fused-ring (bicyclic) bond motifs is 2. The number of carbonyl (C=O) groups excluding carboxylic acids is 8. The van der Waals surface area contributed by atoms with Crippen molar-refractivity contribution in [2.24, 2.45) is 0 Å². The molecule has 1 aromatic heterocycles. The van der Waals surface area contributed by atoms with E-state index in [0.717, 1.165) is 50.0 Å². The van der Waals surface area contributed by atoms with Crippen LogP contribution in [0, 0.1) is 0 Å². The predicted molar refractivity (Wildman–Crippen MR) is 354 cm³/mol. The van der Waals surface area contributed by atoms with Crippen LogP contribution in [0.25, 0.3) is 0 Å². The van der Waals surface area contributed by atoms with Crippen LogP contribution in [-0.2, 0) is 49.0 Å². The van der Waals surface area contributed by atoms with E-state index < -0.39 is 79.9 Å². The molecule has 7 fully saturated rings. The van der Waals surface area contributed by atoms with Gasteiger partial charge in [-0.15, -0.1) is 0 Å². The predicted octanol–water partition coefficient (Wildman–Crippen LogP) is -0.512. The fourth-order valence-corrected chi connectivity index (χ4v) is 17.5. The van der Waals surface area contributed by atoms with Gasteiger partial charge in [0.15, 0.2) is 0 Å². The fraction of sp³-hybridized carbons (Fsp3) is 0.810. The largest absolute Gasteiger partial charge is 0.379 e. The lowest BCUT2D eigenvalue weighted by molar-refractivity contribution is -0.129. The molecule has 0 bridgehead atoms. The quantitative estimate of drug-likeness (QED) is 0.0173. The van der Waals surface area contributed by atoms with E-state index in [0.29, 0.717) is 171 Å². The molecule has 14 N–H and O–H groups in total. The van der Waals surface area contributed by atoms with Gasteiger partial charge in [-0.3, -0.25) is 43.2 Å². The summed E-state index contributed by atoms with van der Waals surface area (Å²) in [6, 6.07) is -3.56. The molecule has 0 spiro atoms. The van der Waals surface area contributed by atoms with Crippen molar-refractivity contribution in [3.8, 4) is 0 Å². The van der Waals surface area contributed by atoms with Crippen LogP contribution >= 0.6 is 23.5 Å². The Morgan fingerprint density at radius 2 is 0.926 bits per heavy atom. The summed E-state index contributed by atoms with van der Waals surface area (Å²) in [4.78, 5) is 121. The van der Waals surface area contributed by atoms with E-state index in [1.165, 1.54) is 6.92 Å². The molecule has 9 atom stereocenters. The zero-order chi connectivity index (χ0) is 67.4. The first-order valence-electron chi connectivity index (χ1n) is 33.3. The molecule has 10 amide bonds. The van der Waals surface area contributed by atoms with Crippen molar-refractivity contribution in [2.75, 3.05) is 90.1 Å². The fourth-order valence-electron chi connectivity index (χ4n) is 13.1. The molecule has 0 aromatic carbocycles. The molecule has 32 nitrogen and oxygen atoms in total. The summed E-state index contributed by atoms with van der Waals surface area (Å²) in [7, 11) is -9.34. The standard InChI is InChI=1S/C58H97N17O15S4/c1-36(76)61-37-18-26-73(27-19-37)54-70-55(74-28-20-38(21-29-74)62-52(81)42(34-93(85,86)87)64-48(79)16-4-2-10-24-59-46(77)14-8-6-12-44-50-40(32-91-44)66-57(83)68-50)72-56(71-54)75-30-22-39(23-31-75)63-53(82)43(35-94(88,89)90)65-49(80)17-5-3-11-25-60-47(78)15-9-7-13-45-51-41(33-92-45)67-58(84)69-51/h37-45,48,50-51,64,79H,2-35H2,1H3,(H,59,77)(H,60,78)(H,61,76)(H,62,81)(H,63,82)(H,65,80)(H2,66,68,83)(H2,67,69,84)(H,85,86,87)(H,88,89,90). The van der Waals surface area contributed by atoms with Gasteiger partial charge in [0.1, 0.15) is 24.1 Å². The second kappa shape index (κ2) is 36.0. The van der Waals surface area contributed by atoms with Crippen molar-refractivity contribution in [1.29, 1.82) is 0 Å². The van der Waals surface area contributed by atoms with Gasteiger partial charge in [0.2, 0.25) is 53.3 Å². The SMILES string of the molecule is CC(=O)NC1CCN(c2nc(N3CCC(NC(=O)C(CS(=O)(=O)O)NC(=O)CCCCCNC(=O)CCCCC4SCC5NC(=O)NC54)CC3)nc(N3CCC(NC(=O)C(CS(=O)(=O)O)NC(O)CCCCCNC(=O)CCCCC4SCC5NC(=O)NC54)CC3)n2)CC1. The first-order chi connectivity index (χ1) is 44.9. The third kappa shape index (κ3) is 24.4. The number of piperidine rings is 3. The molecular weight excluding hydrogens is 1300 g/mol. The molecule has 9 unspecified atom stereocenters. The Balaban J connectivity index is 0.751. The van der Waals surface area contributed by atoms with Crippen molar-refractivity contribution in [3.05, 3.63) is 0 Å². The van der Waals surface area contributed by atoms with E-state index in [4.69, 9.17) is 15.0 Å². The van der Waals surface area contributed by atoms with Crippen molar-refractivity contribution in [2.45, 2.75) is 219 Å². The van der Waals surface area contributed by atoms with Gasteiger partial charge in [-0.05, 0) is 96.3 Å². The van der Waals surface area contributed by atoms with Gasteiger partial charge in [-0.1, -0.05) is 25.7 Å². The maximum Gasteiger partial charge on any atom is 0.315 e. The highest BCUT2D eigenvalue weighted by Crippen LogP contribution is 2.35. The first-order valence-corrected chi connectivity index (χ1v) is 38.6. The summed E-state index contributed by atoms with van der Waals surface area (Å²) in [6.07, 6.45) is 11.0. The number of unbranched alkanes of at least 4 members (excludes halogenated alkanes) is 6. The van der Waals surface area contributed by atoms with Gasteiger partial charge in [0.25, 0.3) is 20.2 Å². The number of carbonyl (C=O) groups is 8. The highest BCUT2D eigenvalue weighted by molar-refractivity contribution is 8.00. The number of hydrogen-bond donors (Lipinski definition) is 14. The van der Waals surface area contributed by atoms with E-state index in [2.05, 4.69) is 58.5 Å². The van der Waals surface area contributed by atoms with E-state index in [9.17, 15) is 69.4 Å². The number of nitrogens with zero attached hydrogens (tertiary/aromatic N) is 6. The summed E-state index contributed by atoms with van der Waals surface area (Å²) < 4.78 is 67.9. The number of urea groups is 2. The molecule has 1 aromatic rings. The third-order valence-corrected chi connectivity index (χ3v) is 22.7. The molecule has 528 valence electrons. The Kier molecular flexibility index (Phi) is 28.3. The lowest BCUT2D eigenvalue weighted by Crippen LogP contribution is -2.55. The Bertz CT molecular complexity index is 2980. The number of thioether (sulfide) groups is 2. The summed E-state index contributed by atoms with van der Waals surface area (Å²) in [5, 5.41) is 43.1. The monoisotopic (exact) mass is 1400 g/mol. The highest BCUT2D eigenvalue weighted by atomic mass is 32.2. The van der Waals surface area contributed by atoms with Gasteiger partial charge < -0.3 is 73.0 Å². The minimum absolute atomic E-state index is 0.0129. The summed E-state index contributed by atoms with van der Waals surface area (Å²) in [5.74, 6) is -1.35. The van der Waals surface area contributed by atoms with Crippen molar-refractivity contribution >= 4 is 109 Å². The zero-order valence-electron chi connectivity index (χ0n) is 53.5. The second-order valence-corrected chi connectivity index (χ2v) is 31.2. The van der Waals surface area contributed by atoms with Crippen LogP contribution in [0.3, 0.4) is 0 Å². The van der Waals surface area contributed by atoms with Gasteiger partial charge in [0, 0.05) is 119 Å². The van der Waals surface area contributed by atoms with Gasteiger partial charge in [0.05, 0.1) is 29.9 Å². The number of aromatic nitrogens is 3. The minimum atomic E-state index is -4.69. The van der Waals surface area contributed by atoms with Crippen LogP contribution in [-0.4, -0.2) is 240 Å². The zero-order valence-corrected chi connectivity index (χ0v) is 56.8.